The van der Waals surface area contributed by atoms with E-state index < -0.39 is 0 Å². The van der Waals surface area contributed by atoms with Crippen molar-refractivity contribution in [1.82, 2.24) is 5.32 Å². The minimum Gasteiger partial charge on any atom is -0.472 e. The minimum absolute atomic E-state index is 0.0410. The molecule has 16 heavy (non-hydrogen) atoms. The molecule has 4 heteroatoms. The molecule has 0 saturated heterocycles. The van der Waals surface area contributed by atoms with E-state index in [0.717, 1.165) is 17.5 Å². The molecule has 1 amide bonds. The number of hydrogen-bond donors (Lipinski definition) is 1. The molecule has 0 atom stereocenters. The van der Waals surface area contributed by atoms with Gasteiger partial charge in [0.05, 0.1) is 11.8 Å². The molecule has 1 aliphatic carbocycles. The average molecular weight is 239 g/mol. The van der Waals surface area contributed by atoms with Crippen LogP contribution in [0.3, 0.4) is 0 Å². The first kappa shape index (κ1) is 11.6. The smallest absolute Gasteiger partial charge is 0.254 e. The van der Waals surface area contributed by atoms with Crippen LogP contribution in [0, 0.1) is 0 Å². The second kappa shape index (κ2) is 5.99. The van der Waals surface area contributed by atoms with E-state index in [0.29, 0.717) is 5.56 Å². The Hall–Kier alpha value is -0.900. The summed E-state index contributed by atoms with van der Waals surface area (Å²) in [5, 5.41) is 3.71. The molecule has 0 radical (unpaired) electrons. The Morgan fingerprint density at radius 2 is 2.31 bits per heavy atom. The van der Waals surface area contributed by atoms with Crippen LogP contribution in [-0.4, -0.2) is 23.5 Å². The summed E-state index contributed by atoms with van der Waals surface area (Å²) in [6.45, 7) is 0.741. The molecular formula is C12H17NO2S. The van der Waals surface area contributed by atoms with Gasteiger partial charge in [0.25, 0.3) is 5.91 Å². The van der Waals surface area contributed by atoms with Crippen LogP contribution in [0.4, 0.5) is 0 Å². The maximum Gasteiger partial charge on any atom is 0.254 e. The monoisotopic (exact) mass is 239 g/mol. The van der Waals surface area contributed by atoms with Gasteiger partial charge in [-0.05, 0) is 18.9 Å². The highest BCUT2D eigenvalue weighted by atomic mass is 32.2. The summed E-state index contributed by atoms with van der Waals surface area (Å²) in [4.78, 5) is 11.5. The lowest BCUT2D eigenvalue weighted by Gasteiger charge is -2.08. The Bertz CT molecular complexity index is 318. The quantitative estimate of drug-likeness (QED) is 0.803. The Morgan fingerprint density at radius 1 is 1.50 bits per heavy atom. The van der Waals surface area contributed by atoms with Gasteiger partial charge in [0.15, 0.2) is 0 Å². The third-order valence-corrected chi connectivity index (χ3v) is 4.21. The van der Waals surface area contributed by atoms with Gasteiger partial charge in [0.1, 0.15) is 6.26 Å². The molecule has 1 aromatic rings. The van der Waals surface area contributed by atoms with Crippen molar-refractivity contribution in [2.24, 2.45) is 0 Å². The maximum atomic E-state index is 11.5. The average Bonchev–Trinajstić information content (AvgIpc) is 2.96. The molecule has 0 bridgehead atoms. The molecule has 1 N–H and O–H groups in total. The molecule has 0 aliphatic heterocycles. The zero-order valence-corrected chi connectivity index (χ0v) is 10.1. The van der Waals surface area contributed by atoms with Crippen LogP contribution in [0.5, 0.6) is 0 Å². The molecule has 1 fully saturated rings. The summed E-state index contributed by atoms with van der Waals surface area (Å²) in [7, 11) is 0. The molecule has 1 saturated carbocycles. The fraction of sp³-hybridized carbons (Fsp3) is 0.583. The van der Waals surface area contributed by atoms with Crippen LogP contribution < -0.4 is 5.32 Å². The first-order valence-electron chi connectivity index (χ1n) is 5.78. The van der Waals surface area contributed by atoms with Crippen molar-refractivity contribution in [2.45, 2.75) is 30.9 Å². The van der Waals surface area contributed by atoms with E-state index in [-0.39, 0.29) is 5.91 Å². The van der Waals surface area contributed by atoms with Crippen molar-refractivity contribution in [2.75, 3.05) is 12.3 Å². The van der Waals surface area contributed by atoms with Crippen LogP contribution in [0.1, 0.15) is 36.0 Å². The van der Waals surface area contributed by atoms with Gasteiger partial charge >= 0.3 is 0 Å². The van der Waals surface area contributed by atoms with Gasteiger partial charge in [-0.2, -0.15) is 11.8 Å². The van der Waals surface area contributed by atoms with Crippen LogP contribution >= 0.6 is 11.8 Å². The molecule has 88 valence electrons. The van der Waals surface area contributed by atoms with E-state index in [9.17, 15) is 4.79 Å². The molecule has 0 spiro atoms. The van der Waals surface area contributed by atoms with Gasteiger partial charge in [-0.15, -0.1) is 0 Å². The van der Waals surface area contributed by atoms with Crippen molar-refractivity contribution in [3.05, 3.63) is 24.2 Å². The molecule has 2 rings (SSSR count). The molecule has 1 aliphatic rings. The number of rotatable bonds is 5. The zero-order chi connectivity index (χ0) is 11.2. The van der Waals surface area contributed by atoms with Crippen LogP contribution in [0.15, 0.2) is 23.0 Å². The number of thioether (sulfide) groups is 1. The maximum absolute atomic E-state index is 11.5. The van der Waals surface area contributed by atoms with E-state index in [1.807, 2.05) is 11.8 Å². The highest BCUT2D eigenvalue weighted by molar-refractivity contribution is 7.99. The standard InChI is InChI=1S/C12H17NO2S/c14-12(10-5-7-15-9-10)13-6-8-16-11-3-1-2-4-11/h5,7,9,11H,1-4,6,8H2,(H,13,14). The lowest BCUT2D eigenvalue weighted by atomic mass is 10.3. The van der Waals surface area contributed by atoms with Crippen molar-refractivity contribution in [3.8, 4) is 0 Å². The topological polar surface area (TPSA) is 42.2 Å². The van der Waals surface area contributed by atoms with Crippen LogP contribution in [-0.2, 0) is 0 Å². The van der Waals surface area contributed by atoms with Gasteiger partial charge in [-0.1, -0.05) is 12.8 Å². The minimum atomic E-state index is -0.0410. The van der Waals surface area contributed by atoms with Gasteiger partial charge < -0.3 is 9.73 Å². The molecule has 3 nitrogen and oxygen atoms in total. The van der Waals surface area contributed by atoms with E-state index in [2.05, 4.69) is 5.32 Å². The lowest BCUT2D eigenvalue weighted by molar-refractivity contribution is 0.0955. The molecule has 0 aromatic carbocycles. The number of amides is 1. The third kappa shape index (κ3) is 3.30. The molecule has 0 unspecified atom stereocenters. The van der Waals surface area contributed by atoms with Crippen molar-refractivity contribution < 1.29 is 9.21 Å². The number of carbonyl (C=O) groups excluding carboxylic acids is 1. The normalized spacial score (nSPS) is 16.5. The predicted octanol–water partition coefficient (Wildman–Crippen LogP) is 2.69. The molecular weight excluding hydrogens is 222 g/mol. The van der Waals surface area contributed by atoms with E-state index in [1.165, 1.54) is 38.2 Å². The van der Waals surface area contributed by atoms with Crippen LogP contribution in [0.25, 0.3) is 0 Å². The van der Waals surface area contributed by atoms with Gasteiger partial charge in [-0.3, -0.25) is 4.79 Å². The summed E-state index contributed by atoms with van der Waals surface area (Å²) in [6.07, 6.45) is 8.43. The zero-order valence-electron chi connectivity index (χ0n) is 9.28. The second-order valence-corrected chi connectivity index (χ2v) is 5.45. The fourth-order valence-corrected chi connectivity index (χ4v) is 3.16. The first-order valence-corrected chi connectivity index (χ1v) is 6.83. The van der Waals surface area contributed by atoms with Crippen molar-refractivity contribution >= 4 is 17.7 Å². The number of hydrogen-bond acceptors (Lipinski definition) is 3. The SMILES string of the molecule is O=C(NCCSC1CCCC1)c1ccoc1. The van der Waals surface area contributed by atoms with Gasteiger partial charge in [0.2, 0.25) is 0 Å². The number of furan rings is 1. The second-order valence-electron chi connectivity index (χ2n) is 4.05. The van der Waals surface area contributed by atoms with Gasteiger partial charge in [0, 0.05) is 17.5 Å². The van der Waals surface area contributed by atoms with Crippen LogP contribution in [0.2, 0.25) is 0 Å². The van der Waals surface area contributed by atoms with E-state index >= 15 is 0 Å². The summed E-state index contributed by atoms with van der Waals surface area (Å²) < 4.78 is 4.86. The number of carbonyl (C=O) groups is 1. The summed E-state index contributed by atoms with van der Waals surface area (Å²) in [5.74, 6) is 0.967. The Labute approximate surface area is 100.0 Å². The van der Waals surface area contributed by atoms with Gasteiger partial charge in [-0.25, -0.2) is 0 Å². The molecule has 1 heterocycles. The summed E-state index contributed by atoms with van der Waals surface area (Å²) >= 11 is 1.99. The Kier molecular flexibility index (Phi) is 4.34. The highest BCUT2D eigenvalue weighted by Crippen LogP contribution is 2.28. The highest BCUT2D eigenvalue weighted by Gasteiger charge is 2.14. The first-order chi connectivity index (χ1) is 7.86. The predicted molar refractivity (Wildman–Crippen MR) is 65.8 cm³/mol. The van der Waals surface area contributed by atoms with Crippen molar-refractivity contribution in [3.63, 3.8) is 0 Å². The lowest BCUT2D eigenvalue weighted by Crippen LogP contribution is -2.25. The number of nitrogens with one attached hydrogen (secondary N) is 1. The Morgan fingerprint density at radius 3 is 3.00 bits per heavy atom. The molecule has 1 aromatic heterocycles. The summed E-state index contributed by atoms with van der Waals surface area (Å²) in [6, 6.07) is 1.68. The third-order valence-electron chi connectivity index (χ3n) is 2.83. The Balaban J connectivity index is 1.59. The van der Waals surface area contributed by atoms with E-state index in [1.54, 1.807) is 6.07 Å². The largest absolute Gasteiger partial charge is 0.472 e. The van der Waals surface area contributed by atoms with Crippen molar-refractivity contribution in [1.29, 1.82) is 0 Å². The fourth-order valence-electron chi connectivity index (χ4n) is 1.94. The summed E-state index contributed by atoms with van der Waals surface area (Å²) in [5.41, 5.74) is 0.603. The van der Waals surface area contributed by atoms with E-state index in [4.69, 9.17) is 4.42 Å².